The average molecular weight is 202 g/mol. The minimum atomic E-state index is 0.964. The highest BCUT2D eigenvalue weighted by Gasteiger charge is 1.97. The Labute approximate surface area is 91.7 Å². The zero-order valence-corrected chi connectivity index (χ0v) is 9.22. The van der Waals surface area contributed by atoms with Gasteiger partial charge in [-0.2, -0.15) is 0 Å². The van der Waals surface area contributed by atoms with Crippen molar-refractivity contribution in [3.63, 3.8) is 0 Å². The van der Waals surface area contributed by atoms with Crippen LogP contribution in [0.25, 0.3) is 5.70 Å². The first-order valence-electron chi connectivity index (χ1n) is 5.18. The van der Waals surface area contributed by atoms with Crippen molar-refractivity contribution in [2.75, 3.05) is 11.9 Å². The zero-order valence-electron chi connectivity index (χ0n) is 9.22. The van der Waals surface area contributed by atoms with Crippen LogP contribution in [-0.2, 0) is 0 Å². The van der Waals surface area contributed by atoms with E-state index in [1.54, 1.807) is 6.20 Å². The van der Waals surface area contributed by atoms with Gasteiger partial charge < -0.3 is 10.6 Å². The smallest absolute Gasteiger partial charge is 0.0379 e. The van der Waals surface area contributed by atoms with Crippen molar-refractivity contribution in [1.82, 2.24) is 5.32 Å². The van der Waals surface area contributed by atoms with Gasteiger partial charge in [0.05, 0.1) is 0 Å². The van der Waals surface area contributed by atoms with Gasteiger partial charge in [-0.15, -0.1) is 0 Å². The summed E-state index contributed by atoms with van der Waals surface area (Å²) in [6.07, 6.45) is 2.77. The Morgan fingerprint density at radius 3 is 2.53 bits per heavy atom. The van der Waals surface area contributed by atoms with Crippen LogP contribution < -0.4 is 10.6 Å². The molecule has 2 N–H and O–H groups in total. The SMILES string of the molecule is C=CNc1ccc(C(=C)NCCC)cc1. The summed E-state index contributed by atoms with van der Waals surface area (Å²) in [5.41, 5.74) is 3.14. The maximum absolute atomic E-state index is 3.99. The van der Waals surface area contributed by atoms with E-state index in [1.165, 1.54) is 0 Å². The topological polar surface area (TPSA) is 24.1 Å². The predicted molar refractivity (Wildman–Crippen MR) is 67.6 cm³/mol. The van der Waals surface area contributed by atoms with Gasteiger partial charge in [-0.25, -0.2) is 0 Å². The molecule has 0 amide bonds. The predicted octanol–water partition coefficient (Wildman–Crippen LogP) is 3.21. The largest absolute Gasteiger partial charge is 0.385 e. The number of rotatable bonds is 6. The van der Waals surface area contributed by atoms with Crippen LogP contribution in [-0.4, -0.2) is 6.54 Å². The summed E-state index contributed by atoms with van der Waals surface area (Å²) in [4.78, 5) is 0. The summed E-state index contributed by atoms with van der Waals surface area (Å²) < 4.78 is 0. The first kappa shape index (κ1) is 11.4. The summed E-state index contributed by atoms with van der Waals surface area (Å²) in [6, 6.07) is 8.10. The van der Waals surface area contributed by atoms with Crippen LogP contribution in [0.2, 0.25) is 0 Å². The van der Waals surface area contributed by atoms with E-state index in [2.05, 4.69) is 30.7 Å². The first-order chi connectivity index (χ1) is 7.27. The summed E-state index contributed by atoms with van der Waals surface area (Å²) in [7, 11) is 0. The van der Waals surface area contributed by atoms with Gasteiger partial charge >= 0.3 is 0 Å². The minimum Gasteiger partial charge on any atom is -0.385 e. The molecule has 0 saturated heterocycles. The van der Waals surface area contributed by atoms with Crippen molar-refractivity contribution in [2.24, 2.45) is 0 Å². The normalized spacial score (nSPS) is 9.40. The maximum Gasteiger partial charge on any atom is 0.0379 e. The lowest BCUT2D eigenvalue weighted by molar-refractivity contribution is 0.825. The van der Waals surface area contributed by atoms with Crippen LogP contribution in [0.3, 0.4) is 0 Å². The van der Waals surface area contributed by atoms with Gasteiger partial charge in [-0.05, 0) is 30.3 Å². The Bertz CT molecular complexity index is 325. The van der Waals surface area contributed by atoms with Gasteiger partial charge in [0, 0.05) is 17.9 Å². The zero-order chi connectivity index (χ0) is 11.1. The molecule has 0 aliphatic rings. The Morgan fingerprint density at radius 1 is 1.33 bits per heavy atom. The molecule has 0 radical (unpaired) electrons. The molecule has 0 heterocycles. The molecular formula is C13H18N2. The third-order valence-electron chi connectivity index (χ3n) is 2.09. The molecular weight excluding hydrogens is 184 g/mol. The quantitative estimate of drug-likeness (QED) is 0.740. The van der Waals surface area contributed by atoms with Gasteiger partial charge in [0.1, 0.15) is 0 Å². The van der Waals surface area contributed by atoms with Crippen molar-refractivity contribution < 1.29 is 0 Å². The fourth-order valence-electron chi connectivity index (χ4n) is 1.26. The summed E-state index contributed by atoms with van der Waals surface area (Å²) in [6.45, 7) is 10.7. The van der Waals surface area contributed by atoms with Crippen LogP contribution in [0.4, 0.5) is 5.69 Å². The van der Waals surface area contributed by atoms with Gasteiger partial charge in [-0.3, -0.25) is 0 Å². The van der Waals surface area contributed by atoms with Gasteiger partial charge in [-0.1, -0.05) is 32.2 Å². The Balaban J connectivity index is 2.62. The molecule has 0 fully saturated rings. The lowest BCUT2D eigenvalue weighted by Gasteiger charge is -2.09. The monoisotopic (exact) mass is 202 g/mol. The van der Waals surface area contributed by atoms with Crippen LogP contribution in [0, 0.1) is 0 Å². The highest BCUT2D eigenvalue weighted by Crippen LogP contribution is 2.14. The van der Waals surface area contributed by atoms with Crippen molar-refractivity contribution in [3.05, 3.63) is 49.2 Å². The van der Waals surface area contributed by atoms with Gasteiger partial charge in [0.25, 0.3) is 0 Å². The fourth-order valence-corrected chi connectivity index (χ4v) is 1.26. The Hall–Kier alpha value is -1.70. The summed E-state index contributed by atoms with van der Waals surface area (Å²) >= 11 is 0. The van der Waals surface area contributed by atoms with Crippen LogP contribution in [0.1, 0.15) is 18.9 Å². The van der Waals surface area contributed by atoms with Crippen LogP contribution in [0.5, 0.6) is 0 Å². The molecule has 15 heavy (non-hydrogen) atoms. The second-order valence-electron chi connectivity index (χ2n) is 3.33. The number of hydrogen-bond acceptors (Lipinski definition) is 2. The average Bonchev–Trinajstić information content (AvgIpc) is 2.27. The molecule has 0 spiro atoms. The third-order valence-corrected chi connectivity index (χ3v) is 2.09. The second kappa shape index (κ2) is 5.91. The number of benzene rings is 1. The van der Waals surface area contributed by atoms with E-state index in [1.807, 2.05) is 24.3 Å². The second-order valence-corrected chi connectivity index (χ2v) is 3.33. The third kappa shape index (κ3) is 3.50. The van der Waals surface area contributed by atoms with Crippen LogP contribution in [0.15, 0.2) is 43.6 Å². The van der Waals surface area contributed by atoms with E-state index < -0.39 is 0 Å². The maximum atomic E-state index is 3.99. The minimum absolute atomic E-state index is 0.964. The molecule has 1 rings (SSSR count). The Morgan fingerprint density at radius 2 is 2.00 bits per heavy atom. The molecule has 1 aromatic rings. The lowest BCUT2D eigenvalue weighted by atomic mass is 10.1. The van der Waals surface area contributed by atoms with Crippen molar-refractivity contribution in [2.45, 2.75) is 13.3 Å². The molecule has 0 atom stereocenters. The molecule has 0 aliphatic carbocycles. The number of nitrogens with one attached hydrogen (secondary N) is 2. The van der Waals surface area contributed by atoms with Gasteiger partial charge in [0.2, 0.25) is 0 Å². The van der Waals surface area contributed by atoms with Crippen molar-refractivity contribution in [1.29, 1.82) is 0 Å². The highest BCUT2D eigenvalue weighted by molar-refractivity contribution is 5.64. The number of anilines is 1. The molecule has 0 unspecified atom stereocenters. The molecule has 2 heteroatoms. The Kier molecular flexibility index (Phi) is 4.48. The van der Waals surface area contributed by atoms with E-state index in [0.717, 1.165) is 29.9 Å². The molecule has 0 saturated carbocycles. The molecule has 1 aromatic carbocycles. The van der Waals surface area contributed by atoms with Crippen LogP contribution >= 0.6 is 0 Å². The molecule has 0 bridgehead atoms. The van der Waals surface area contributed by atoms with Crippen molar-refractivity contribution >= 4 is 11.4 Å². The summed E-state index contributed by atoms with van der Waals surface area (Å²) in [5, 5.41) is 6.30. The summed E-state index contributed by atoms with van der Waals surface area (Å²) in [5.74, 6) is 0. The van der Waals surface area contributed by atoms with E-state index >= 15 is 0 Å². The van der Waals surface area contributed by atoms with Crippen molar-refractivity contribution in [3.8, 4) is 0 Å². The van der Waals surface area contributed by atoms with E-state index in [-0.39, 0.29) is 0 Å². The molecule has 2 nitrogen and oxygen atoms in total. The molecule has 0 aliphatic heterocycles. The molecule has 80 valence electrons. The lowest BCUT2D eigenvalue weighted by Crippen LogP contribution is -2.11. The fraction of sp³-hybridized carbons (Fsp3) is 0.231. The van der Waals surface area contributed by atoms with E-state index in [9.17, 15) is 0 Å². The first-order valence-corrected chi connectivity index (χ1v) is 5.18. The standard InChI is InChI=1S/C13H18N2/c1-4-10-15-11(3)12-6-8-13(9-7-12)14-5-2/h5-9,14-15H,2-4,10H2,1H3. The highest BCUT2D eigenvalue weighted by atomic mass is 14.9. The molecule has 0 aromatic heterocycles. The van der Waals surface area contributed by atoms with E-state index in [4.69, 9.17) is 0 Å². The van der Waals surface area contributed by atoms with E-state index in [0.29, 0.717) is 0 Å². The van der Waals surface area contributed by atoms with Gasteiger partial charge in [0.15, 0.2) is 0 Å². The number of hydrogen-bond donors (Lipinski definition) is 2.